The van der Waals surface area contributed by atoms with Gasteiger partial charge in [0.05, 0.1) is 0 Å². The van der Waals surface area contributed by atoms with Crippen molar-refractivity contribution in [2.24, 2.45) is 5.92 Å². The van der Waals surface area contributed by atoms with Gasteiger partial charge >= 0.3 is 66.0 Å². The molecule has 2 aliphatic rings. The summed E-state index contributed by atoms with van der Waals surface area (Å²) >= 11 is 0.528. The van der Waals surface area contributed by atoms with Crippen molar-refractivity contribution < 1.29 is 26.2 Å². The minimum atomic E-state index is 0. The van der Waals surface area contributed by atoms with Crippen molar-refractivity contribution in [2.45, 2.75) is 58.5 Å². The van der Waals surface area contributed by atoms with Crippen LogP contribution < -0.4 is 0 Å². The number of allylic oxidation sites excluding steroid dienone is 8. The predicted octanol–water partition coefficient (Wildman–Crippen LogP) is 6.44. The maximum atomic E-state index is 3.36. The Morgan fingerprint density at radius 2 is 1.68 bits per heavy atom. The van der Waals surface area contributed by atoms with Crippen LogP contribution in [0.4, 0.5) is 0 Å². The average molecular weight is 481 g/mol. The minimum Gasteiger partial charge on any atom is -0.273 e. The van der Waals surface area contributed by atoms with Gasteiger partial charge in [0.1, 0.15) is 0 Å². The molecule has 0 saturated heterocycles. The van der Waals surface area contributed by atoms with Gasteiger partial charge in [0.15, 0.2) is 0 Å². The Kier molecular flexibility index (Phi) is 28.0. The van der Waals surface area contributed by atoms with Gasteiger partial charge in [0, 0.05) is 0 Å². The van der Waals surface area contributed by atoms with Gasteiger partial charge in [-0.15, -0.1) is 38.2 Å². The van der Waals surface area contributed by atoms with Gasteiger partial charge in [0.25, 0.3) is 0 Å². The fourth-order valence-corrected chi connectivity index (χ4v) is 2.80. The Hall–Kier alpha value is 0.966. The molecule has 22 heavy (non-hydrogen) atoms. The first-order valence-corrected chi connectivity index (χ1v) is 10.2. The molecule has 0 spiro atoms. The predicted molar refractivity (Wildman–Crippen MR) is 103 cm³/mol. The van der Waals surface area contributed by atoms with Gasteiger partial charge in [0.2, 0.25) is 0 Å². The Morgan fingerprint density at radius 1 is 1.14 bits per heavy atom. The van der Waals surface area contributed by atoms with Gasteiger partial charge in [-0.05, 0) is 0 Å². The average Bonchev–Trinajstić information content (AvgIpc) is 3.02. The van der Waals surface area contributed by atoms with E-state index in [1.54, 1.807) is 0 Å². The molecule has 4 heteroatoms. The van der Waals surface area contributed by atoms with Crippen LogP contribution in [0.25, 0.3) is 0 Å². The van der Waals surface area contributed by atoms with Crippen LogP contribution in [0.15, 0.2) is 34.9 Å². The van der Waals surface area contributed by atoms with Crippen molar-refractivity contribution in [1.29, 1.82) is 0 Å². The van der Waals surface area contributed by atoms with Gasteiger partial charge in [-0.2, -0.15) is 17.2 Å². The smallest absolute Gasteiger partial charge is 0.273 e. The third-order valence-electron chi connectivity index (χ3n) is 3.32. The molecule has 0 amide bonds. The Morgan fingerprint density at radius 3 is 1.77 bits per heavy atom. The summed E-state index contributed by atoms with van der Waals surface area (Å²) in [5, 5.41) is 2.94. The van der Waals surface area contributed by atoms with E-state index in [2.05, 4.69) is 59.8 Å². The molecule has 0 aromatic heterocycles. The molecule has 0 saturated carbocycles. The second-order valence-corrected chi connectivity index (χ2v) is 8.78. The van der Waals surface area contributed by atoms with Crippen LogP contribution in [-0.2, 0) is 26.2 Å². The van der Waals surface area contributed by atoms with Crippen LogP contribution in [0.1, 0.15) is 48.0 Å². The molecule has 0 aliphatic heterocycles. The number of rotatable bonds is 2. The van der Waals surface area contributed by atoms with E-state index in [-0.39, 0.29) is 51.0 Å². The van der Waals surface area contributed by atoms with Crippen LogP contribution in [0.3, 0.4) is 0 Å². The zero-order valence-corrected chi connectivity index (χ0v) is 20.9. The summed E-state index contributed by atoms with van der Waals surface area (Å²) in [5.41, 5.74) is 4.25. The van der Waals surface area contributed by atoms with Crippen LogP contribution >= 0.6 is 24.8 Å². The molecule has 1 unspecified atom stereocenters. The minimum absolute atomic E-state index is 0. The van der Waals surface area contributed by atoms with E-state index < -0.39 is 0 Å². The fraction of sp³-hybridized carbons (Fsp3) is 0.556. The first-order chi connectivity index (χ1) is 9.04. The maximum Gasteiger partial charge on any atom is 2.00 e. The van der Waals surface area contributed by atoms with Crippen molar-refractivity contribution in [3.8, 4) is 0 Å². The Bertz CT molecular complexity index is 359. The third-order valence-corrected chi connectivity index (χ3v) is 5.42. The van der Waals surface area contributed by atoms with Crippen molar-refractivity contribution in [3.05, 3.63) is 47.1 Å². The molecule has 0 N–H and O–H groups in total. The summed E-state index contributed by atoms with van der Waals surface area (Å²) in [6.45, 7) is 13.2. The first kappa shape index (κ1) is 30.8. The molecular weight excluding hydrogens is 451 g/mol. The standard InChI is InChI=1S/C9H13.C5H5.C4H10Ge.2ClH.Zr/c1-6-5-7(2)9(4)8(6)3;1-2-4-5-3-1;1-3-5-4-2;;;/h6H,1-4H3;1-3H,4H2;3-4H2,1-2H3;2*1H;/q2*-1;;;;+2. The molecule has 0 bridgehead atoms. The van der Waals surface area contributed by atoms with E-state index in [0.717, 1.165) is 6.42 Å². The molecule has 0 fully saturated rings. The van der Waals surface area contributed by atoms with Gasteiger partial charge < -0.3 is 0 Å². The molecule has 2 rings (SSSR count). The van der Waals surface area contributed by atoms with Crippen LogP contribution in [0.5, 0.6) is 0 Å². The van der Waals surface area contributed by atoms with Crippen molar-refractivity contribution in [2.75, 3.05) is 0 Å². The summed E-state index contributed by atoms with van der Waals surface area (Å²) < 4.78 is 0. The largest absolute Gasteiger partial charge is 2.00 e. The second-order valence-electron chi connectivity index (χ2n) is 4.76. The second kappa shape index (κ2) is 20.0. The first-order valence-electron chi connectivity index (χ1n) is 7.24. The van der Waals surface area contributed by atoms with Crippen molar-refractivity contribution >= 4 is 40.2 Å². The topological polar surface area (TPSA) is 0 Å². The summed E-state index contributed by atoms with van der Waals surface area (Å²) in [7, 11) is 0. The molecule has 2 aliphatic carbocycles. The zero-order chi connectivity index (χ0) is 14.7. The summed E-state index contributed by atoms with van der Waals surface area (Å²) in [6.07, 6.45) is 13.4. The van der Waals surface area contributed by atoms with E-state index in [9.17, 15) is 0 Å². The quantitative estimate of drug-likeness (QED) is 0.315. The normalized spacial score (nSPS) is 17.0. The monoisotopic (exact) mass is 480 g/mol. The van der Waals surface area contributed by atoms with Crippen LogP contribution in [-0.4, -0.2) is 15.4 Å². The molecule has 1 atom stereocenters. The van der Waals surface area contributed by atoms with Crippen LogP contribution in [0, 0.1) is 18.1 Å². The van der Waals surface area contributed by atoms with E-state index in [1.807, 2.05) is 12.2 Å². The zero-order valence-electron chi connectivity index (χ0n) is 14.7. The van der Waals surface area contributed by atoms with Crippen molar-refractivity contribution in [3.63, 3.8) is 0 Å². The summed E-state index contributed by atoms with van der Waals surface area (Å²) in [4.78, 5) is 0. The fourth-order valence-electron chi connectivity index (χ4n) is 1.75. The van der Waals surface area contributed by atoms with E-state index in [0.29, 0.717) is 21.3 Å². The number of hydrogen-bond donors (Lipinski definition) is 0. The number of hydrogen-bond acceptors (Lipinski definition) is 0. The maximum absolute atomic E-state index is 3.36. The molecular formula is C18H30Cl2GeZr. The molecule has 0 heterocycles. The van der Waals surface area contributed by atoms with E-state index >= 15 is 0 Å². The Balaban J connectivity index is -0.000000110. The van der Waals surface area contributed by atoms with Gasteiger partial charge in [-0.1, -0.05) is 26.7 Å². The molecule has 2 radical (unpaired) electrons. The molecule has 0 aromatic rings. The van der Waals surface area contributed by atoms with E-state index in [1.165, 1.54) is 27.2 Å². The van der Waals surface area contributed by atoms with Gasteiger partial charge in [-0.25, -0.2) is 17.7 Å². The summed E-state index contributed by atoms with van der Waals surface area (Å²) in [6, 6.07) is 0. The van der Waals surface area contributed by atoms with E-state index in [4.69, 9.17) is 0 Å². The molecule has 124 valence electrons. The SMILES string of the molecule is CC1=[C-]C(C)C(C)=C1C.C[CH2][Ge][CH2]C.Cl.Cl.[C-]1=CC=CC1.[Zr+2]. The summed E-state index contributed by atoms with van der Waals surface area (Å²) in [5.74, 6) is 0.560. The van der Waals surface area contributed by atoms with Crippen LogP contribution in [0.2, 0.25) is 10.5 Å². The Labute approximate surface area is 176 Å². The third kappa shape index (κ3) is 14.6. The molecule has 0 aromatic carbocycles. The molecule has 0 nitrogen and oxygen atoms in total. The van der Waals surface area contributed by atoms with Gasteiger partial charge in [-0.3, -0.25) is 12.2 Å². The van der Waals surface area contributed by atoms with Crippen molar-refractivity contribution in [1.82, 2.24) is 0 Å². The number of halogens is 2.